The molecule has 0 saturated carbocycles. The van der Waals surface area contributed by atoms with Gasteiger partial charge in [-0.05, 0) is 79.7 Å². The zero-order chi connectivity index (χ0) is 32.1. The Morgan fingerprint density at radius 1 is 0.367 bits per heavy atom. The van der Waals surface area contributed by atoms with Crippen LogP contribution < -0.4 is 0 Å². The molecule has 0 bridgehead atoms. The zero-order valence-electron chi connectivity index (χ0n) is 26.2. The van der Waals surface area contributed by atoms with Gasteiger partial charge in [0, 0.05) is 41.9 Å². The summed E-state index contributed by atoms with van der Waals surface area (Å²) in [5, 5.41) is 10.8. The van der Waals surface area contributed by atoms with Crippen molar-refractivity contribution in [2.45, 2.75) is 0 Å². The first-order valence-electron chi connectivity index (χ1n) is 16.6. The lowest BCUT2D eigenvalue weighted by molar-refractivity contribution is 0.617. The second-order valence-electron chi connectivity index (χ2n) is 12.8. The van der Waals surface area contributed by atoms with Gasteiger partial charge in [0.25, 0.3) is 0 Å². The molecule has 0 spiro atoms. The van der Waals surface area contributed by atoms with Crippen LogP contribution in [0.2, 0.25) is 0 Å². The predicted molar refractivity (Wildman–Crippen MR) is 208 cm³/mol. The minimum Gasteiger partial charge on any atom is -0.464 e. The molecule has 0 unspecified atom stereocenters. The van der Waals surface area contributed by atoms with Gasteiger partial charge in [-0.1, -0.05) is 121 Å². The Bertz CT molecular complexity index is 3050. The Kier molecular flexibility index (Phi) is 5.57. The smallest absolute Gasteiger partial charge is 0.136 e. The maximum Gasteiger partial charge on any atom is 0.136 e. The van der Waals surface area contributed by atoms with Gasteiger partial charge in [0.1, 0.15) is 16.7 Å². The fraction of sp³-hybridized carbons (Fsp3) is 0. The summed E-state index contributed by atoms with van der Waals surface area (Å²) in [6, 6.07) is 54.6. The normalized spacial score (nSPS) is 12.1. The third-order valence-corrected chi connectivity index (χ3v) is 11.3. The first-order valence-corrected chi connectivity index (χ1v) is 17.4. The molecule has 8 aromatic carbocycles. The molecule has 0 aliphatic heterocycles. The van der Waals surface area contributed by atoms with Crippen LogP contribution >= 0.6 is 11.3 Å². The van der Waals surface area contributed by atoms with Crippen LogP contribution in [-0.4, -0.2) is 0 Å². The number of rotatable bonds is 3. The van der Waals surface area contributed by atoms with Crippen LogP contribution in [0.25, 0.3) is 108 Å². The third-order valence-electron chi connectivity index (χ3n) is 10.1. The minimum atomic E-state index is 0.852. The van der Waals surface area contributed by atoms with Crippen molar-refractivity contribution < 1.29 is 8.83 Å². The summed E-state index contributed by atoms with van der Waals surface area (Å²) in [6.07, 6.45) is 1.86. The Hall–Kier alpha value is -6.16. The van der Waals surface area contributed by atoms with E-state index in [1.54, 1.807) is 0 Å². The fourth-order valence-electron chi connectivity index (χ4n) is 8.01. The van der Waals surface area contributed by atoms with Gasteiger partial charge < -0.3 is 8.83 Å². The number of benzene rings is 8. The number of fused-ring (bicyclic) bond motifs is 9. The quantitative estimate of drug-likeness (QED) is 0.179. The largest absolute Gasteiger partial charge is 0.464 e. The Morgan fingerprint density at radius 3 is 1.80 bits per heavy atom. The fourth-order valence-corrected chi connectivity index (χ4v) is 9.15. The second kappa shape index (κ2) is 10.2. The topological polar surface area (TPSA) is 26.3 Å². The lowest BCUT2D eigenvalue weighted by Gasteiger charge is -2.18. The summed E-state index contributed by atoms with van der Waals surface area (Å²) in [6.45, 7) is 0. The summed E-state index contributed by atoms with van der Waals surface area (Å²) < 4.78 is 15.4. The van der Waals surface area contributed by atoms with Gasteiger partial charge in [-0.25, -0.2) is 0 Å². The minimum absolute atomic E-state index is 0.852. The standard InChI is InChI=1S/C46H26O2S/c1-2-11-27(12-3-1)38-26-47-40-25-37-41(24-36(38)40)48-39-19-10-18-35(46(37)39)45-33-16-6-4-14-31(33)44(32-15-5-7-17-34(32)45)28-21-22-30-29-13-8-9-20-42(29)49-43(30)23-28/h1-26H. The van der Waals surface area contributed by atoms with Gasteiger partial charge in [-0.3, -0.25) is 0 Å². The van der Waals surface area contributed by atoms with E-state index < -0.39 is 0 Å². The molecule has 11 aromatic rings. The maximum absolute atomic E-state index is 6.63. The lowest BCUT2D eigenvalue weighted by Crippen LogP contribution is -1.91. The highest BCUT2D eigenvalue weighted by Crippen LogP contribution is 2.48. The molecule has 11 rings (SSSR count). The summed E-state index contributed by atoms with van der Waals surface area (Å²) in [5.41, 5.74) is 9.65. The highest BCUT2D eigenvalue weighted by Gasteiger charge is 2.22. The van der Waals surface area contributed by atoms with Crippen molar-refractivity contribution >= 4 is 86.0 Å². The van der Waals surface area contributed by atoms with Crippen molar-refractivity contribution in [3.63, 3.8) is 0 Å². The maximum atomic E-state index is 6.63. The monoisotopic (exact) mass is 642 g/mol. The van der Waals surface area contributed by atoms with Gasteiger partial charge in [0.05, 0.1) is 6.26 Å². The summed E-state index contributed by atoms with van der Waals surface area (Å²) in [5.74, 6) is 0. The van der Waals surface area contributed by atoms with E-state index in [0.29, 0.717) is 0 Å². The van der Waals surface area contributed by atoms with E-state index in [2.05, 4.69) is 146 Å². The molecule has 0 aliphatic rings. The van der Waals surface area contributed by atoms with Crippen molar-refractivity contribution in [1.82, 2.24) is 0 Å². The molecular weight excluding hydrogens is 617 g/mol. The molecule has 2 nitrogen and oxygen atoms in total. The summed E-state index contributed by atoms with van der Waals surface area (Å²) >= 11 is 1.87. The van der Waals surface area contributed by atoms with Crippen LogP contribution in [0.3, 0.4) is 0 Å². The molecule has 0 aliphatic carbocycles. The number of hydrogen-bond donors (Lipinski definition) is 0. The van der Waals surface area contributed by atoms with Gasteiger partial charge in [-0.2, -0.15) is 0 Å². The van der Waals surface area contributed by atoms with Crippen molar-refractivity contribution in [1.29, 1.82) is 0 Å². The zero-order valence-corrected chi connectivity index (χ0v) is 27.1. The van der Waals surface area contributed by atoms with Crippen LogP contribution in [0.15, 0.2) is 167 Å². The molecule has 0 N–H and O–H groups in total. The molecule has 3 heteroatoms. The Balaban J connectivity index is 1.20. The Morgan fingerprint density at radius 2 is 1.02 bits per heavy atom. The lowest BCUT2D eigenvalue weighted by atomic mass is 9.85. The van der Waals surface area contributed by atoms with Crippen LogP contribution in [0.1, 0.15) is 0 Å². The van der Waals surface area contributed by atoms with Crippen LogP contribution in [0.5, 0.6) is 0 Å². The second-order valence-corrected chi connectivity index (χ2v) is 13.9. The molecule has 0 fully saturated rings. The average molecular weight is 643 g/mol. The number of hydrogen-bond acceptors (Lipinski definition) is 3. The summed E-state index contributed by atoms with van der Waals surface area (Å²) in [7, 11) is 0. The molecule has 49 heavy (non-hydrogen) atoms. The molecule has 0 amide bonds. The van der Waals surface area contributed by atoms with Gasteiger partial charge in [0.15, 0.2) is 0 Å². The van der Waals surface area contributed by atoms with Crippen molar-refractivity contribution in [3.05, 3.63) is 158 Å². The van der Waals surface area contributed by atoms with E-state index in [9.17, 15) is 0 Å². The van der Waals surface area contributed by atoms with Gasteiger partial charge in [-0.15, -0.1) is 11.3 Å². The Labute approximate surface area is 285 Å². The van der Waals surface area contributed by atoms with E-state index in [1.807, 2.05) is 23.7 Å². The average Bonchev–Trinajstić information content (AvgIpc) is 3.85. The molecule has 228 valence electrons. The highest BCUT2D eigenvalue weighted by atomic mass is 32.1. The van der Waals surface area contributed by atoms with E-state index in [1.165, 1.54) is 58.4 Å². The van der Waals surface area contributed by atoms with E-state index in [0.717, 1.165) is 49.6 Å². The van der Waals surface area contributed by atoms with E-state index in [4.69, 9.17) is 8.83 Å². The molecule has 0 radical (unpaired) electrons. The van der Waals surface area contributed by atoms with Crippen LogP contribution in [-0.2, 0) is 0 Å². The van der Waals surface area contributed by atoms with E-state index in [-0.39, 0.29) is 0 Å². The first kappa shape index (κ1) is 26.9. The number of furan rings is 2. The molecule has 3 heterocycles. The van der Waals surface area contributed by atoms with Crippen LogP contribution in [0, 0.1) is 0 Å². The van der Waals surface area contributed by atoms with Crippen LogP contribution in [0.4, 0.5) is 0 Å². The van der Waals surface area contributed by atoms with Gasteiger partial charge >= 0.3 is 0 Å². The SMILES string of the molecule is c1ccc(-c2coc3cc4c(cc23)oc2cccc(-c3c5ccccc5c(-c5ccc6c(c5)sc5ccccc56)c5ccccc35)c24)cc1. The third kappa shape index (κ3) is 3.88. The molecule has 3 aromatic heterocycles. The predicted octanol–water partition coefficient (Wildman–Crippen LogP) is 14.0. The molecule has 0 atom stereocenters. The molecule has 0 saturated heterocycles. The number of thiophene rings is 1. The first-order chi connectivity index (χ1) is 24.3. The summed E-state index contributed by atoms with van der Waals surface area (Å²) in [4.78, 5) is 0. The molecular formula is C46H26O2S. The van der Waals surface area contributed by atoms with Gasteiger partial charge in [0.2, 0.25) is 0 Å². The van der Waals surface area contributed by atoms with Crippen molar-refractivity contribution in [2.24, 2.45) is 0 Å². The highest BCUT2D eigenvalue weighted by molar-refractivity contribution is 7.25. The van der Waals surface area contributed by atoms with Crippen molar-refractivity contribution in [3.8, 4) is 33.4 Å². The van der Waals surface area contributed by atoms with Crippen molar-refractivity contribution in [2.75, 3.05) is 0 Å². The van der Waals surface area contributed by atoms with E-state index >= 15 is 0 Å².